The Morgan fingerprint density at radius 3 is 2.38 bits per heavy atom. The number of rotatable bonds is 7. The van der Waals surface area contributed by atoms with Gasteiger partial charge in [-0.25, -0.2) is 23.3 Å². The summed E-state index contributed by atoms with van der Waals surface area (Å²) in [5.74, 6) is -1.01. The highest BCUT2D eigenvalue weighted by atomic mass is 32.2. The van der Waals surface area contributed by atoms with Crippen LogP contribution in [0.3, 0.4) is 0 Å². The third-order valence-electron chi connectivity index (χ3n) is 3.42. The molecule has 0 aliphatic heterocycles. The summed E-state index contributed by atoms with van der Waals surface area (Å²) in [5, 5.41) is 7.73. The van der Waals surface area contributed by atoms with Crippen LogP contribution in [0.4, 0.5) is 0 Å². The molecule has 0 fully saturated rings. The van der Waals surface area contributed by atoms with Crippen molar-refractivity contribution in [3.8, 4) is 0 Å². The van der Waals surface area contributed by atoms with E-state index in [1.165, 1.54) is 24.3 Å². The lowest BCUT2D eigenvalue weighted by Crippen LogP contribution is -2.27. The second-order valence-electron chi connectivity index (χ2n) is 5.32. The van der Waals surface area contributed by atoms with Crippen LogP contribution in [0.15, 0.2) is 47.4 Å². The molecule has 0 spiro atoms. The van der Waals surface area contributed by atoms with Gasteiger partial charge in [0.2, 0.25) is 10.0 Å². The number of nitrogens with zero attached hydrogens (tertiary/aromatic N) is 1. The molecule has 9 heteroatoms. The molecular weight excluding hydrogens is 358 g/mol. The molecule has 0 aliphatic carbocycles. The van der Waals surface area contributed by atoms with E-state index < -0.39 is 21.9 Å². The largest absolute Gasteiger partial charge is 0.461 e. The van der Waals surface area contributed by atoms with Crippen LogP contribution in [-0.4, -0.2) is 38.4 Å². The lowest BCUT2D eigenvalue weighted by molar-refractivity contribution is 0.0519. The molecular formula is C17H19N3O5S. The van der Waals surface area contributed by atoms with E-state index in [2.05, 4.69) is 10.3 Å². The van der Waals surface area contributed by atoms with Crippen LogP contribution < -0.4 is 10.5 Å². The Kier molecular flexibility index (Phi) is 6.42. The molecule has 1 heterocycles. The van der Waals surface area contributed by atoms with Crippen molar-refractivity contribution in [3.05, 3.63) is 59.4 Å². The van der Waals surface area contributed by atoms with Crippen molar-refractivity contribution >= 4 is 21.9 Å². The zero-order chi connectivity index (χ0) is 19.2. The van der Waals surface area contributed by atoms with Crippen molar-refractivity contribution < 1.29 is 22.7 Å². The van der Waals surface area contributed by atoms with Crippen LogP contribution in [0, 0.1) is 0 Å². The number of esters is 1. The first-order chi connectivity index (χ1) is 12.3. The van der Waals surface area contributed by atoms with Crippen molar-refractivity contribution in [1.82, 2.24) is 10.3 Å². The highest BCUT2D eigenvalue weighted by molar-refractivity contribution is 7.89. The molecule has 2 rings (SSSR count). The van der Waals surface area contributed by atoms with Gasteiger partial charge in [-0.2, -0.15) is 0 Å². The number of ether oxygens (including phenoxy) is 1. The van der Waals surface area contributed by atoms with Gasteiger partial charge in [-0.15, -0.1) is 0 Å². The molecule has 0 saturated carbocycles. The number of carbonyl (C=O) groups excluding carboxylic acids is 2. The minimum Gasteiger partial charge on any atom is -0.461 e. The molecule has 2 aromatic rings. The predicted molar refractivity (Wildman–Crippen MR) is 94.0 cm³/mol. The summed E-state index contributed by atoms with van der Waals surface area (Å²) in [6.07, 6.45) is 0.494. The molecule has 138 valence electrons. The number of hydrogen-bond acceptors (Lipinski definition) is 6. The van der Waals surface area contributed by atoms with E-state index in [0.29, 0.717) is 13.0 Å². The van der Waals surface area contributed by atoms with Crippen molar-refractivity contribution in [2.24, 2.45) is 5.14 Å². The Labute approximate surface area is 151 Å². The Bertz CT molecular complexity index is 895. The normalized spacial score (nSPS) is 11.0. The van der Waals surface area contributed by atoms with E-state index >= 15 is 0 Å². The topological polar surface area (TPSA) is 128 Å². The maximum atomic E-state index is 12.1. The van der Waals surface area contributed by atoms with Gasteiger partial charge in [0.15, 0.2) is 0 Å². The maximum absolute atomic E-state index is 12.1. The molecule has 0 radical (unpaired) electrons. The average Bonchev–Trinajstić information content (AvgIpc) is 2.61. The number of hydrogen-bond donors (Lipinski definition) is 2. The van der Waals surface area contributed by atoms with Gasteiger partial charge in [0, 0.05) is 6.54 Å². The van der Waals surface area contributed by atoms with E-state index in [4.69, 9.17) is 9.88 Å². The van der Waals surface area contributed by atoms with Crippen LogP contribution in [0.25, 0.3) is 0 Å². The summed E-state index contributed by atoms with van der Waals surface area (Å²) in [7, 11) is -3.72. The molecule has 0 atom stereocenters. The van der Waals surface area contributed by atoms with Gasteiger partial charge >= 0.3 is 5.97 Å². The first-order valence-corrected chi connectivity index (χ1v) is 9.40. The summed E-state index contributed by atoms with van der Waals surface area (Å²) in [5.41, 5.74) is 1.02. The van der Waals surface area contributed by atoms with Crippen molar-refractivity contribution in [3.63, 3.8) is 0 Å². The number of benzene rings is 1. The molecule has 1 aromatic carbocycles. The number of nitrogens with one attached hydrogen (secondary N) is 1. The maximum Gasteiger partial charge on any atom is 0.356 e. The number of nitrogens with two attached hydrogens (primary N) is 1. The van der Waals surface area contributed by atoms with Gasteiger partial charge in [0.05, 0.1) is 11.5 Å². The highest BCUT2D eigenvalue weighted by Gasteiger charge is 2.13. The quantitative estimate of drug-likeness (QED) is 0.689. The van der Waals surface area contributed by atoms with Crippen molar-refractivity contribution in [1.29, 1.82) is 0 Å². The van der Waals surface area contributed by atoms with Crippen LogP contribution in [0.2, 0.25) is 0 Å². The first-order valence-electron chi connectivity index (χ1n) is 7.85. The first kappa shape index (κ1) is 19.5. The SMILES string of the molecule is CCOC(=O)c1cccc(C(=O)NCCc2ccc(S(N)(=O)=O)cc2)n1. The minimum absolute atomic E-state index is 0.0327. The van der Waals surface area contributed by atoms with Crippen molar-refractivity contribution in [2.75, 3.05) is 13.2 Å². The van der Waals surface area contributed by atoms with E-state index in [0.717, 1.165) is 5.56 Å². The highest BCUT2D eigenvalue weighted by Crippen LogP contribution is 2.09. The second-order valence-corrected chi connectivity index (χ2v) is 6.88. The molecule has 1 amide bonds. The fourth-order valence-electron chi connectivity index (χ4n) is 2.14. The lowest BCUT2D eigenvalue weighted by atomic mass is 10.1. The standard InChI is InChI=1S/C17H19N3O5S/c1-2-25-17(22)15-5-3-4-14(20-15)16(21)19-11-10-12-6-8-13(9-7-12)26(18,23)24/h3-9H,2,10-11H2,1H3,(H,19,21)(H2,18,23,24). The van der Waals surface area contributed by atoms with Crippen LogP contribution in [0.1, 0.15) is 33.5 Å². The minimum atomic E-state index is -3.72. The molecule has 0 unspecified atom stereocenters. The fraction of sp³-hybridized carbons (Fsp3) is 0.235. The van der Waals surface area contributed by atoms with Gasteiger partial charge in [-0.1, -0.05) is 18.2 Å². The van der Waals surface area contributed by atoms with Gasteiger partial charge < -0.3 is 10.1 Å². The van der Waals surface area contributed by atoms with E-state index in [1.54, 1.807) is 25.1 Å². The summed E-state index contributed by atoms with van der Waals surface area (Å²) in [4.78, 5) is 27.8. The molecule has 1 aromatic heterocycles. The number of sulfonamides is 1. The third-order valence-corrected chi connectivity index (χ3v) is 4.35. The van der Waals surface area contributed by atoms with Gasteiger partial charge in [0.1, 0.15) is 11.4 Å². The number of carbonyl (C=O) groups is 2. The molecule has 0 saturated heterocycles. The third kappa shape index (κ3) is 5.36. The Balaban J connectivity index is 1.93. The van der Waals surface area contributed by atoms with Gasteiger partial charge in [-0.3, -0.25) is 4.79 Å². The molecule has 0 bridgehead atoms. The Hall–Kier alpha value is -2.78. The monoisotopic (exact) mass is 377 g/mol. The summed E-state index contributed by atoms with van der Waals surface area (Å²) < 4.78 is 27.3. The zero-order valence-corrected chi connectivity index (χ0v) is 15.0. The molecule has 0 aliphatic rings. The number of amides is 1. The number of aromatic nitrogens is 1. The number of pyridine rings is 1. The smallest absolute Gasteiger partial charge is 0.356 e. The predicted octanol–water partition coefficient (Wildman–Crippen LogP) is 0.878. The molecule has 3 N–H and O–H groups in total. The van der Waals surface area contributed by atoms with Crippen LogP contribution in [0.5, 0.6) is 0 Å². The average molecular weight is 377 g/mol. The van der Waals surface area contributed by atoms with E-state index in [-0.39, 0.29) is 22.9 Å². The molecule has 26 heavy (non-hydrogen) atoms. The van der Waals surface area contributed by atoms with Crippen molar-refractivity contribution in [2.45, 2.75) is 18.2 Å². The Morgan fingerprint density at radius 2 is 1.77 bits per heavy atom. The second kappa shape index (κ2) is 8.54. The number of primary sulfonamides is 1. The van der Waals surface area contributed by atoms with Crippen LogP contribution >= 0.6 is 0 Å². The fourth-order valence-corrected chi connectivity index (χ4v) is 2.65. The van der Waals surface area contributed by atoms with Gasteiger partial charge in [-0.05, 0) is 43.2 Å². The molecule has 8 nitrogen and oxygen atoms in total. The van der Waals surface area contributed by atoms with E-state index in [1.807, 2.05) is 0 Å². The van der Waals surface area contributed by atoms with E-state index in [9.17, 15) is 18.0 Å². The van der Waals surface area contributed by atoms with Crippen LogP contribution in [-0.2, 0) is 21.2 Å². The Morgan fingerprint density at radius 1 is 1.12 bits per heavy atom. The summed E-state index contributed by atoms with van der Waals surface area (Å²) in [6, 6.07) is 10.6. The van der Waals surface area contributed by atoms with Gasteiger partial charge in [0.25, 0.3) is 5.91 Å². The lowest BCUT2D eigenvalue weighted by Gasteiger charge is -2.07. The summed E-state index contributed by atoms with van der Waals surface area (Å²) in [6.45, 7) is 2.23. The zero-order valence-electron chi connectivity index (χ0n) is 14.1. The summed E-state index contributed by atoms with van der Waals surface area (Å²) >= 11 is 0.